The standard InChI is InChI=1S/C12H11N3O3/c1-7-2-3-8(6-13-7)15-10(17)12(4-5-12)9(16)14-11(15)18/h2-3,6H,4-5H2,1H3,(H,14,16,18). The van der Waals surface area contributed by atoms with E-state index in [4.69, 9.17) is 0 Å². The molecule has 92 valence electrons. The smallest absolute Gasteiger partial charge is 0.276 e. The Kier molecular flexibility index (Phi) is 2.04. The Morgan fingerprint density at radius 2 is 2.00 bits per heavy atom. The van der Waals surface area contributed by atoms with Crippen LogP contribution in [0, 0.1) is 12.3 Å². The Labute approximate surface area is 103 Å². The number of aromatic nitrogens is 1. The summed E-state index contributed by atoms with van der Waals surface area (Å²) >= 11 is 0. The third-order valence-electron chi connectivity index (χ3n) is 3.37. The van der Waals surface area contributed by atoms with Gasteiger partial charge in [0.15, 0.2) is 0 Å². The first kappa shape index (κ1) is 10.9. The number of nitrogens with one attached hydrogen (secondary N) is 1. The van der Waals surface area contributed by atoms with Crippen molar-refractivity contribution in [3.63, 3.8) is 0 Å². The Morgan fingerprint density at radius 1 is 1.28 bits per heavy atom. The molecule has 0 bridgehead atoms. The van der Waals surface area contributed by atoms with E-state index < -0.39 is 23.3 Å². The van der Waals surface area contributed by atoms with E-state index in [-0.39, 0.29) is 0 Å². The molecule has 1 saturated carbocycles. The van der Waals surface area contributed by atoms with Gasteiger partial charge in [0, 0.05) is 5.69 Å². The average molecular weight is 245 g/mol. The van der Waals surface area contributed by atoms with Crippen LogP contribution in [0.25, 0.3) is 0 Å². The first-order chi connectivity index (χ1) is 8.54. The summed E-state index contributed by atoms with van der Waals surface area (Å²) in [6.07, 6.45) is 2.46. The molecule has 2 heterocycles. The molecular weight excluding hydrogens is 234 g/mol. The number of pyridine rings is 1. The van der Waals surface area contributed by atoms with E-state index in [0.29, 0.717) is 18.5 Å². The molecule has 0 unspecified atom stereocenters. The van der Waals surface area contributed by atoms with Crippen LogP contribution in [0.3, 0.4) is 0 Å². The van der Waals surface area contributed by atoms with Gasteiger partial charge in [0.1, 0.15) is 5.41 Å². The van der Waals surface area contributed by atoms with Crippen LogP contribution in [0.15, 0.2) is 18.3 Å². The van der Waals surface area contributed by atoms with E-state index >= 15 is 0 Å². The van der Waals surface area contributed by atoms with Gasteiger partial charge in [-0.2, -0.15) is 0 Å². The van der Waals surface area contributed by atoms with E-state index in [1.807, 2.05) is 6.92 Å². The maximum Gasteiger partial charge on any atom is 0.335 e. The van der Waals surface area contributed by atoms with Gasteiger partial charge < -0.3 is 0 Å². The number of aryl methyl sites for hydroxylation is 1. The first-order valence-corrected chi connectivity index (χ1v) is 5.67. The highest BCUT2D eigenvalue weighted by Crippen LogP contribution is 2.49. The van der Waals surface area contributed by atoms with Gasteiger partial charge in [-0.1, -0.05) is 0 Å². The predicted molar refractivity (Wildman–Crippen MR) is 61.7 cm³/mol. The highest BCUT2D eigenvalue weighted by atomic mass is 16.2. The van der Waals surface area contributed by atoms with E-state index in [1.165, 1.54) is 6.20 Å². The number of hydrogen-bond donors (Lipinski definition) is 1. The van der Waals surface area contributed by atoms with Crippen molar-refractivity contribution >= 4 is 23.5 Å². The fraction of sp³-hybridized carbons (Fsp3) is 0.333. The zero-order chi connectivity index (χ0) is 12.9. The molecule has 2 fully saturated rings. The van der Waals surface area contributed by atoms with Gasteiger partial charge in [0.25, 0.3) is 5.91 Å². The lowest BCUT2D eigenvalue weighted by Gasteiger charge is -2.29. The summed E-state index contributed by atoms with van der Waals surface area (Å²) in [4.78, 5) is 40.7. The molecule has 1 saturated heterocycles. The number of carbonyl (C=O) groups is 3. The van der Waals surface area contributed by atoms with E-state index in [0.717, 1.165) is 10.6 Å². The van der Waals surface area contributed by atoms with Crippen molar-refractivity contribution in [3.8, 4) is 0 Å². The zero-order valence-electron chi connectivity index (χ0n) is 9.77. The van der Waals surface area contributed by atoms with Crippen LogP contribution < -0.4 is 10.2 Å². The normalized spacial score (nSPS) is 21.2. The zero-order valence-corrected chi connectivity index (χ0v) is 9.77. The minimum Gasteiger partial charge on any atom is -0.276 e. The summed E-state index contributed by atoms with van der Waals surface area (Å²) in [6.45, 7) is 1.81. The third kappa shape index (κ3) is 1.35. The topological polar surface area (TPSA) is 79.4 Å². The number of rotatable bonds is 1. The van der Waals surface area contributed by atoms with E-state index in [9.17, 15) is 14.4 Å². The summed E-state index contributed by atoms with van der Waals surface area (Å²) in [6, 6.07) is 2.66. The van der Waals surface area contributed by atoms with Crippen molar-refractivity contribution in [2.75, 3.05) is 4.90 Å². The Morgan fingerprint density at radius 3 is 2.56 bits per heavy atom. The van der Waals surface area contributed by atoms with Crippen LogP contribution in [-0.4, -0.2) is 22.8 Å². The molecule has 1 spiro atoms. The molecule has 1 aliphatic carbocycles. The SMILES string of the molecule is Cc1ccc(N2C(=O)NC(=O)C3(CC3)C2=O)cn1. The summed E-state index contributed by atoms with van der Waals surface area (Å²) in [5, 5.41) is 2.23. The fourth-order valence-corrected chi connectivity index (χ4v) is 2.07. The van der Waals surface area contributed by atoms with Crippen LogP contribution in [0.1, 0.15) is 18.5 Å². The number of nitrogens with zero attached hydrogens (tertiary/aromatic N) is 2. The van der Waals surface area contributed by atoms with Gasteiger partial charge in [0.05, 0.1) is 11.9 Å². The number of barbiturate groups is 1. The molecule has 0 aromatic carbocycles. The van der Waals surface area contributed by atoms with Crippen LogP contribution in [0.2, 0.25) is 0 Å². The van der Waals surface area contributed by atoms with Crippen LogP contribution in [0.4, 0.5) is 10.5 Å². The van der Waals surface area contributed by atoms with Crippen LogP contribution in [0.5, 0.6) is 0 Å². The van der Waals surface area contributed by atoms with Gasteiger partial charge in [-0.3, -0.25) is 19.9 Å². The molecule has 6 heteroatoms. The van der Waals surface area contributed by atoms with Gasteiger partial charge in [-0.05, 0) is 31.9 Å². The summed E-state index contributed by atoms with van der Waals surface area (Å²) in [7, 11) is 0. The molecule has 18 heavy (non-hydrogen) atoms. The van der Waals surface area contributed by atoms with Crippen LogP contribution >= 0.6 is 0 Å². The molecule has 1 aliphatic heterocycles. The number of hydrogen-bond acceptors (Lipinski definition) is 4. The molecule has 2 aliphatic rings. The number of anilines is 1. The molecule has 3 rings (SSSR count). The fourth-order valence-electron chi connectivity index (χ4n) is 2.07. The minimum absolute atomic E-state index is 0.391. The molecule has 1 aromatic heterocycles. The molecule has 1 aromatic rings. The van der Waals surface area contributed by atoms with Gasteiger partial charge in [0.2, 0.25) is 5.91 Å². The third-order valence-corrected chi connectivity index (χ3v) is 3.37. The minimum atomic E-state index is -1.02. The number of imide groups is 2. The lowest BCUT2D eigenvalue weighted by Crippen LogP contribution is -2.59. The highest BCUT2D eigenvalue weighted by Gasteiger charge is 2.62. The van der Waals surface area contributed by atoms with Gasteiger partial charge in [-0.25, -0.2) is 9.69 Å². The Bertz CT molecular complexity index is 560. The highest BCUT2D eigenvalue weighted by molar-refractivity contribution is 6.31. The maximum atomic E-state index is 12.2. The average Bonchev–Trinajstić information content (AvgIpc) is 3.11. The number of urea groups is 1. The summed E-state index contributed by atoms with van der Waals surface area (Å²) in [5.41, 5.74) is 0.168. The van der Waals surface area contributed by atoms with Crippen molar-refractivity contribution in [2.45, 2.75) is 19.8 Å². The Hall–Kier alpha value is -2.24. The second kappa shape index (κ2) is 3.38. The number of amides is 4. The first-order valence-electron chi connectivity index (χ1n) is 5.67. The largest absolute Gasteiger partial charge is 0.335 e. The monoisotopic (exact) mass is 245 g/mol. The Balaban J connectivity index is 2.00. The van der Waals surface area contributed by atoms with Crippen molar-refractivity contribution in [3.05, 3.63) is 24.0 Å². The molecule has 0 radical (unpaired) electrons. The molecule has 4 amide bonds. The van der Waals surface area contributed by atoms with Crippen molar-refractivity contribution in [2.24, 2.45) is 5.41 Å². The van der Waals surface area contributed by atoms with E-state index in [1.54, 1.807) is 12.1 Å². The van der Waals surface area contributed by atoms with Crippen molar-refractivity contribution < 1.29 is 14.4 Å². The maximum absolute atomic E-state index is 12.2. The molecule has 0 atom stereocenters. The summed E-state index contributed by atoms with van der Waals surface area (Å²) < 4.78 is 0. The quantitative estimate of drug-likeness (QED) is 0.740. The molecule has 6 nitrogen and oxygen atoms in total. The summed E-state index contributed by atoms with van der Waals surface area (Å²) in [5.74, 6) is -0.921. The molecular formula is C12H11N3O3. The lowest BCUT2D eigenvalue weighted by atomic mass is 10.0. The lowest BCUT2D eigenvalue weighted by molar-refractivity contribution is -0.136. The van der Waals surface area contributed by atoms with E-state index in [2.05, 4.69) is 10.3 Å². The van der Waals surface area contributed by atoms with Gasteiger partial charge in [-0.15, -0.1) is 0 Å². The number of carbonyl (C=O) groups excluding carboxylic acids is 3. The predicted octanol–water partition coefficient (Wildman–Crippen LogP) is 0.753. The second-order valence-corrected chi connectivity index (χ2v) is 4.64. The molecule has 1 N–H and O–H groups in total. The van der Waals surface area contributed by atoms with Crippen molar-refractivity contribution in [1.29, 1.82) is 0 Å². The van der Waals surface area contributed by atoms with Gasteiger partial charge >= 0.3 is 6.03 Å². The van der Waals surface area contributed by atoms with Crippen LogP contribution in [-0.2, 0) is 9.59 Å². The second-order valence-electron chi connectivity index (χ2n) is 4.64. The van der Waals surface area contributed by atoms with Crippen molar-refractivity contribution in [1.82, 2.24) is 10.3 Å².